The van der Waals surface area contributed by atoms with E-state index in [2.05, 4.69) is 0 Å². The summed E-state index contributed by atoms with van der Waals surface area (Å²) in [7, 11) is 0. The molecule has 0 amide bonds. The number of carbonyl (C=O) groups is 1. The molecule has 0 aromatic heterocycles. The minimum Gasteiger partial charge on any atom is -0.278 e. The van der Waals surface area contributed by atoms with Gasteiger partial charge in [0.1, 0.15) is 0 Å². The molecule has 0 rings (SSSR count). The number of carbonyl (C=O) groups excluding carboxylic acids is 1. The lowest BCUT2D eigenvalue weighted by atomic mass is 10.5. The Labute approximate surface area is 75.8 Å². The van der Waals surface area contributed by atoms with Crippen LogP contribution in [0.5, 0.6) is 0 Å². The predicted molar refractivity (Wildman–Crippen MR) is 44.2 cm³/mol. The largest absolute Gasteiger partial charge is 0.278 e. The molecule has 0 bridgehead atoms. The predicted octanol–water partition coefficient (Wildman–Crippen LogP) is 2.36. The third-order valence-electron chi connectivity index (χ3n) is 0.455. The molecule has 1 nitrogen and oxygen atoms in total. The Hall–Kier alpha value is 1.27. The average Bonchev–Trinajstić information content (AvgIpc) is 1.67. The van der Waals surface area contributed by atoms with Crippen molar-refractivity contribution >= 4 is 62.6 Å². The van der Waals surface area contributed by atoms with Crippen molar-refractivity contribution in [1.29, 1.82) is 0 Å². The van der Waals surface area contributed by atoms with Crippen LogP contribution in [0.1, 0.15) is 0 Å². The highest BCUT2D eigenvalue weighted by Gasteiger charge is 2.30. The molecular weight excluding hydrogens is 285 g/mol. The van der Waals surface area contributed by atoms with Crippen LogP contribution in [0.2, 0.25) is 0 Å². The zero-order chi connectivity index (χ0) is 6.78. The standard InChI is InChI=1S/C3H2Cl3IO/c4-2(8)3(5,6)1-7/h1H2. The minimum absolute atomic E-state index is 0.302. The van der Waals surface area contributed by atoms with Gasteiger partial charge >= 0.3 is 0 Å². The molecule has 0 aliphatic heterocycles. The van der Waals surface area contributed by atoms with E-state index in [1.54, 1.807) is 0 Å². The van der Waals surface area contributed by atoms with Crippen LogP contribution < -0.4 is 0 Å². The van der Waals surface area contributed by atoms with Gasteiger partial charge in [-0.1, -0.05) is 45.8 Å². The van der Waals surface area contributed by atoms with Gasteiger partial charge < -0.3 is 0 Å². The zero-order valence-corrected chi connectivity index (χ0v) is 8.05. The van der Waals surface area contributed by atoms with Gasteiger partial charge in [0.05, 0.1) is 0 Å². The summed E-state index contributed by atoms with van der Waals surface area (Å²) in [5.41, 5.74) is 0. The second-order valence-corrected chi connectivity index (χ2v) is 3.70. The maximum atomic E-state index is 10.2. The fraction of sp³-hybridized carbons (Fsp3) is 0.667. The van der Waals surface area contributed by atoms with Crippen molar-refractivity contribution in [3.8, 4) is 0 Å². The molecule has 0 spiro atoms. The van der Waals surface area contributed by atoms with Crippen LogP contribution in [0.15, 0.2) is 0 Å². The molecule has 0 aromatic rings. The van der Waals surface area contributed by atoms with Crippen LogP contribution in [-0.4, -0.2) is 14.0 Å². The monoisotopic (exact) mass is 286 g/mol. The molecular formula is C3H2Cl3IO. The summed E-state index contributed by atoms with van der Waals surface area (Å²) in [6.07, 6.45) is 0. The zero-order valence-electron chi connectivity index (χ0n) is 3.63. The van der Waals surface area contributed by atoms with E-state index in [0.717, 1.165) is 0 Å². The normalized spacial score (nSPS) is 11.5. The molecule has 0 fully saturated rings. The van der Waals surface area contributed by atoms with Gasteiger partial charge in [-0.15, -0.1) is 0 Å². The van der Waals surface area contributed by atoms with Gasteiger partial charge in [-0.3, -0.25) is 4.79 Å². The van der Waals surface area contributed by atoms with E-state index in [1.165, 1.54) is 0 Å². The fourth-order valence-corrected chi connectivity index (χ4v) is 0.691. The highest BCUT2D eigenvalue weighted by Crippen LogP contribution is 2.25. The van der Waals surface area contributed by atoms with Gasteiger partial charge in [0.2, 0.25) is 0 Å². The lowest BCUT2D eigenvalue weighted by Gasteiger charge is -2.07. The number of alkyl halides is 3. The van der Waals surface area contributed by atoms with Gasteiger partial charge in [0.15, 0.2) is 4.33 Å². The molecule has 0 radical (unpaired) electrons. The second kappa shape index (κ2) is 3.44. The van der Waals surface area contributed by atoms with E-state index in [0.29, 0.717) is 4.43 Å². The number of halogens is 4. The third kappa shape index (κ3) is 2.71. The molecule has 0 saturated carbocycles. The molecule has 0 aliphatic carbocycles. The molecule has 8 heavy (non-hydrogen) atoms. The molecule has 48 valence electrons. The third-order valence-corrected chi connectivity index (χ3v) is 3.63. The second-order valence-electron chi connectivity index (χ2n) is 1.11. The van der Waals surface area contributed by atoms with Crippen LogP contribution in [0.4, 0.5) is 0 Å². The first kappa shape index (κ1) is 9.27. The lowest BCUT2D eigenvalue weighted by Crippen LogP contribution is -2.22. The minimum atomic E-state index is -1.40. The van der Waals surface area contributed by atoms with Crippen molar-refractivity contribution < 1.29 is 4.79 Å². The number of hydrogen-bond acceptors (Lipinski definition) is 1. The Morgan fingerprint density at radius 2 is 2.00 bits per heavy atom. The summed E-state index contributed by atoms with van der Waals surface area (Å²) in [5, 5.41) is -0.727. The first-order valence-electron chi connectivity index (χ1n) is 1.64. The fourth-order valence-electron chi connectivity index (χ4n) is 0.0525. The van der Waals surface area contributed by atoms with Crippen LogP contribution >= 0.6 is 57.4 Å². The van der Waals surface area contributed by atoms with Crippen molar-refractivity contribution in [2.24, 2.45) is 0 Å². The average molecular weight is 287 g/mol. The number of hydrogen-bond donors (Lipinski definition) is 0. The highest BCUT2D eigenvalue weighted by atomic mass is 127. The van der Waals surface area contributed by atoms with Crippen molar-refractivity contribution in [3.05, 3.63) is 0 Å². The lowest BCUT2D eigenvalue weighted by molar-refractivity contribution is -0.111. The number of rotatable bonds is 2. The Kier molecular flexibility index (Phi) is 3.99. The van der Waals surface area contributed by atoms with Crippen LogP contribution in [0, 0.1) is 0 Å². The van der Waals surface area contributed by atoms with Crippen LogP contribution in [0.25, 0.3) is 0 Å². The maximum absolute atomic E-state index is 10.2. The molecule has 0 N–H and O–H groups in total. The highest BCUT2D eigenvalue weighted by molar-refractivity contribution is 14.1. The Morgan fingerprint density at radius 1 is 1.62 bits per heavy atom. The first-order chi connectivity index (χ1) is 3.50. The Bertz CT molecular complexity index is 103. The summed E-state index contributed by atoms with van der Waals surface area (Å²) in [6, 6.07) is 0. The molecule has 0 heterocycles. The van der Waals surface area contributed by atoms with Crippen molar-refractivity contribution in [1.82, 2.24) is 0 Å². The molecule has 0 aliphatic rings. The quantitative estimate of drug-likeness (QED) is 0.433. The first-order valence-corrected chi connectivity index (χ1v) is 4.30. The summed E-state index contributed by atoms with van der Waals surface area (Å²) in [4.78, 5) is 10.2. The summed E-state index contributed by atoms with van der Waals surface area (Å²) < 4.78 is -1.10. The molecule has 0 aromatic carbocycles. The molecule has 0 atom stereocenters. The maximum Gasteiger partial charge on any atom is 0.258 e. The van der Waals surface area contributed by atoms with E-state index in [4.69, 9.17) is 34.8 Å². The summed E-state index contributed by atoms with van der Waals surface area (Å²) in [6.45, 7) is 0. The molecule has 5 heteroatoms. The van der Waals surface area contributed by atoms with Gasteiger partial charge in [-0.2, -0.15) is 0 Å². The van der Waals surface area contributed by atoms with Crippen LogP contribution in [-0.2, 0) is 4.79 Å². The van der Waals surface area contributed by atoms with Crippen molar-refractivity contribution in [2.45, 2.75) is 4.33 Å². The van der Waals surface area contributed by atoms with E-state index < -0.39 is 9.58 Å². The van der Waals surface area contributed by atoms with E-state index >= 15 is 0 Å². The van der Waals surface area contributed by atoms with Gasteiger partial charge in [0, 0.05) is 4.43 Å². The van der Waals surface area contributed by atoms with Gasteiger partial charge in [-0.25, -0.2) is 0 Å². The Balaban J connectivity index is 3.91. The van der Waals surface area contributed by atoms with Crippen molar-refractivity contribution in [3.63, 3.8) is 0 Å². The van der Waals surface area contributed by atoms with Crippen LogP contribution in [0.3, 0.4) is 0 Å². The van der Waals surface area contributed by atoms with Gasteiger partial charge in [0.25, 0.3) is 5.24 Å². The smallest absolute Gasteiger partial charge is 0.258 e. The SMILES string of the molecule is O=C(Cl)C(Cl)(Cl)CI. The van der Waals surface area contributed by atoms with Gasteiger partial charge in [-0.05, 0) is 11.6 Å². The van der Waals surface area contributed by atoms with Crippen molar-refractivity contribution in [2.75, 3.05) is 4.43 Å². The molecule has 0 saturated heterocycles. The van der Waals surface area contributed by atoms with E-state index in [9.17, 15) is 4.79 Å². The summed E-state index contributed by atoms with van der Waals surface area (Å²) in [5.74, 6) is 0. The summed E-state index contributed by atoms with van der Waals surface area (Å²) >= 11 is 17.5. The topological polar surface area (TPSA) is 17.1 Å². The van der Waals surface area contributed by atoms with E-state index in [1.807, 2.05) is 22.6 Å². The molecule has 0 unspecified atom stereocenters. The Morgan fingerprint density at radius 3 is 2.00 bits per heavy atom. The van der Waals surface area contributed by atoms with E-state index in [-0.39, 0.29) is 0 Å².